The highest BCUT2D eigenvalue weighted by Crippen LogP contribution is 2.35. The lowest BCUT2D eigenvalue weighted by Crippen LogP contribution is -2.41. The van der Waals surface area contributed by atoms with Crippen molar-refractivity contribution in [3.8, 4) is 23.0 Å². The number of rotatable bonds is 16. The van der Waals surface area contributed by atoms with Gasteiger partial charge in [0.25, 0.3) is 0 Å². The number of sulfonamides is 2. The van der Waals surface area contributed by atoms with Crippen LogP contribution in [0.1, 0.15) is 147 Å². The molecule has 4 saturated carbocycles. The van der Waals surface area contributed by atoms with Gasteiger partial charge in [-0.25, -0.2) is 35.1 Å². The summed E-state index contributed by atoms with van der Waals surface area (Å²) in [6, 6.07) is 19.7. The fraction of sp³-hybridized carbons (Fsp3) is 0.527. The van der Waals surface area contributed by atoms with E-state index in [4.69, 9.17) is 14.2 Å². The monoisotopic (exact) mass is 1130 g/mol. The van der Waals surface area contributed by atoms with Crippen molar-refractivity contribution in [2.24, 2.45) is 11.8 Å². The Labute approximate surface area is 445 Å². The molecule has 0 aromatic heterocycles. The third-order valence-electron chi connectivity index (χ3n) is 14.1. The number of carbonyl (C=O) groups excluding carboxylic acids is 2. The Hall–Kier alpha value is -4.82. The quantitative estimate of drug-likeness (QED) is 0.0673. The van der Waals surface area contributed by atoms with E-state index < -0.39 is 20.0 Å². The zero-order valence-electron chi connectivity index (χ0n) is 42.1. The number of alkyl halides is 1. The van der Waals surface area contributed by atoms with Gasteiger partial charge in [-0.2, -0.15) is 0 Å². The van der Waals surface area contributed by atoms with Crippen LogP contribution in [0.3, 0.4) is 0 Å². The molecule has 4 aliphatic carbocycles. The Kier molecular flexibility index (Phi) is 23.0. The van der Waals surface area contributed by atoms with Crippen molar-refractivity contribution in [1.82, 2.24) is 20.1 Å². The van der Waals surface area contributed by atoms with Gasteiger partial charge in [-0.1, -0.05) is 60.5 Å². The third-order valence-corrected chi connectivity index (χ3v) is 18.0. The van der Waals surface area contributed by atoms with Crippen LogP contribution in [0.2, 0.25) is 0 Å². The highest BCUT2D eigenvalue weighted by molar-refractivity contribution is 9.09. The number of hydrogen-bond acceptors (Lipinski definition) is 10. The smallest absolute Gasteiger partial charge is 0.240 e. The summed E-state index contributed by atoms with van der Waals surface area (Å²) in [5, 5.41) is 15.6. The van der Waals surface area contributed by atoms with Gasteiger partial charge in [0.05, 0.1) is 42.2 Å². The van der Waals surface area contributed by atoms with E-state index in [1.54, 1.807) is 36.4 Å². The molecule has 0 radical (unpaired) electrons. The molecule has 2 atom stereocenters. The first-order valence-electron chi connectivity index (χ1n) is 25.4. The number of benzene rings is 4. The molecule has 8 rings (SSSR count). The molecule has 74 heavy (non-hydrogen) atoms. The van der Waals surface area contributed by atoms with Gasteiger partial charge in [-0.15, -0.1) is 0 Å². The summed E-state index contributed by atoms with van der Waals surface area (Å²) in [5.41, 5.74) is 1.65. The molecule has 19 heteroatoms. The van der Waals surface area contributed by atoms with E-state index in [1.807, 2.05) is 13.8 Å². The van der Waals surface area contributed by atoms with Gasteiger partial charge in [0.1, 0.15) is 11.6 Å². The maximum Gasteiger partial charge on any atom is 0.240 e. The Morgan fingerprint density at radius 2 is 0.959 bits per heavy atom. The molecule has 14 nitrogen and oxygen atoms in total. The summed E-state index contributed by atoms with van der Waals surface area (Å²) < 4.78 is 99.5. The second-order valence-electron chi connectivity index (χ2n) is 19.5. The first-order chi connectivity index (χ1) is 34.8. The van der Waals surface area contributed by atoms with Crippen molar-refractivity contribution in [1.29, 1.82) is 0 Å². The molecule has 4 aromatic rings. The summed E-state index contributed by atoms with van der Waals surface area (Å²) in [6.07, 6.45) is 14.6. The van der Waals surface area contributed by atoms with Crippen LogP contribution in [0.5, 0.6) is 23.0 Å². The van der Waals surface area contributed by atoms with Crippen LogP contribution in [-0.4, -0.2) is 71.0 Å². The largest absolute Gasteiger partial charge is 0.504 e. The van der Waals surface area contributed by atoms with Crippen LogP contribution < -0.4 is 34.3 Å². The Balaban J connectivity index is 0.000000245. The third kappa shape index (κ3) is 17.6. The average Bonchev–Trinajstić information content (AvgIpc) is 4.09. The number of nitrogens with one attached hydrogen (secondary N) is 4. The van der Waals surface area contributed by atoms with Crippen molar-refractivity contribution < 1.29 is 54.5 Å². The summed E-state index contributed by atoms with van der Waals surface area (Å²) in [4.78, 5) is 26.3. The number of ether oxygens (including phenoxy) is 3. The molecular weight excluding hydrogens is 1060 g/mol. The molecule has 4 aromatic carbocycles. The average molecular weight is 1130 g/mol. The summed E-state index contributed by atoms with van der Waals surface area (Å²) in [5.74, 6) is -0.250. The zero-order valence-corrected chi connectivity index (χ0v) is 45.3. The molecule has 5 N–H and O–H groups in total. The van der Waals surface area contributed by atoms with Gasteiger partial charge >= 0.3 is 0 Å². The summed E-state index contributed by atoms with van der Waals surface area (Å²) in [6.45, 7) is 3.71. The van der Waals surface area contributed by atoms with Gasteiger partial charge in [-0.05, 0) is 163 Å². The molecular formula is C55H75BrF2N4O10S2. The molecule has 4 fully saturated rings. The van der Waals surface area contributed by atoms with Crippen LogP contribution in [-0.2, 0) is 29.6 Å². The first-order valence-corrected chi connectivity index (χ1v) is 29.2. The van der Waals surface area contributed by atoms with E-state index in [1.165, 1.54) is 88.4 Å². The normalized spacial score (nSPS) is 21.0. The van der Waals surface area contributed by atoms with Crippen LogP contribution in [0.25, 0.3) is 0 Å². The van der Waals surface area contributed by atoms with E-state index in [0.717, 1.165) is 41.6 Å². The van der Waals surface area contributed by atoms with Crippen LogP contribution in [0, 0.1) is 23.5 Å². The van der Waals surface area contributed by atoms with Crippen molar-refractivity contribution in [3.05, 3.63) is 108 Å². The molecule has 0 heterocycles. The number of methoxy groups -OCH3 is 2. The summed E-state index contributed by atoms with van der Waals surface area (Å²) in [7, 11) is -4.67. The first kappa shape index (κ1) is 60.0. The van der Waals surface area contributed by atoms with Crippen molar-refractivity contribution >= 4 is 47.8 Å². The number of phenolic OH excluding ortho intramolecular Hbond substituents is 1. The number of phenols is 1. The van der Waals surface area contributed by atoms with E-state index in [2.05, 4.69) is 36.0 Å². The predicted octanol–water partition coefficient (Wildman–Crippen LogP) is 11.1. The van der Waals surface area contributed by atoms with Gasteiger partial charge in [0, 0.05) is 40.9 Å². The summed E-state index contributed by atoms with van der Waals surface area (Å²) >= 11 is 3.54. The van der Waals surface area contributed by atoms with Crippen molar-refractivity contribution in [2.45, 2.75) is 169 Å². The van der Waals surface area contributed by atoms with Crippen LogP contribution >= 0.6 is 15.9 Å². The number of amides is 2. The van der Waals surface area contributed by atoms with E-state index in [0.29, 0.717) is 62.9 Å². The van der Waals surface area contributed by atoms with E-state index in [9.17, 15) is 40.3 Å². The molecule has 0 aliphatic heterocycles. The SMILES string of the molecule is BrC1CCCC1.C.COc1cc(S(=O)(=O)NC2CCC(C(=O)N[C@H](C)c3ccc(F)cc3)CC2)ccc1O.COc1cc(S(=O)(=O)NC2CCC(C(=O)N[C@H](C)c3ccc(F)cc3)CC2)ccc1OC1CCCC1. The Bertz CT molecular complexity index is 2640. The Morgan fingerprint density at radius 3 is 1.35 bits per heavy atom. The lowest BCUT2D eigenvalue weighted by atomic mass is 9.85. The second kappa shape index (κ2) is 28.4. The lowest BCUT2D eigenvalue weighted by Gasteiger charge is -2.29. The van der Waals surface area contributed by atoms with Crippen LogP contribution in [0.4, 0.5) is 8.78 Å². The van der Waals surface area contributed by atoms with Crippen molar-refractivity contribution in [2.75, 3.05) is 14.2 Å². The molecule has 0 unspecified atom stereocenters. The molecule has 408 valence electrons. The van der Waals surface area contributed by atoms with Crippen LogP contribution in [0.15, 0.2) is 94.7 Å². The number of hydrogen-bond donors (Lipinski definition) is 5. The highest BCUT2D eigenvalue weighted by atomic mass is 79.9. The maximum absolute atomic E-state index is 13.1. The minimum absolute atomic E-state index is 0. The van der Waals surface area contributed by atoms with Gasteiger partial charge in [-0.3, -0.25) is 9.59 Å². The van der Waals surface area contributed by atoms with Crippen molar-refractivity contribution in [3.63, 3.8) is 0 Å². The van der Waals surface area contributed by atoms with Gasteiger partial charge in [0.15, 0.2) is 23.0 Å². The highest BCUT2D eigenvalue weighted by Gasteiger charge is 2.32. The van der Waals surface area contributed by atoms with Gasteiger partial charge < -0.3 is 30.0 Å². The lowest BCUT2D eigenvalue weighted by molar-refractivity contribution is -0.127. The number of carbonyl (C=O) groups is 2. The zero-order chi connectivity index (χ0) is 52.7. The number of halogens is 3. The molecule has 0 bridgehead atoms. The topological polar surface area (TPSA) is 198 Å². The standard InChI is InChI=1S/C27H35FN2O5S.C22H27FN2O5S.C5H9Br.CH4/c1-18(19-7-11-21(28)12-8-19)29-27(31)20-9-13-22(14-10-20)30-36(32,33)24-15-16-25(26(17-24)34-2)35-23-5-3-4-6-23;1-14(15-3-7-17(23)8-4-15)24-22(27)16-5-9-18(10-6-16)25-31(28,29)19-11-12-20(26)21(13-19)30-2;6-5-3-1-2-4-5;/h7-8,11-12,15-18,20,22-23,30H,3-6,9-10,13-14H2,1-2H3,(H,29,31);3-4,7-8,11-14,16,18,25-26H,5-6,9-10H2,1-2H3,(H,24,27);5H,1-4H2;1H4/t18-,20?,22?;14-,16?,18?;;/m11../s1. The fourth-order valence-corrected chi connectivity index (χ4v) is 12.9. The second-order valence-corrected chi connectivity index (χ2v) is 24.2. The predicted molar refractivity (Wildman–Crippen MR) is 287 cm³/mol. The maximum atomic E-state index is 13.1. The minimum atomic E-state index is -3.78. The molecule has 4 aliphatic rings. The van der Waals surface area contributed by atoms with Gasteiger partial charge in [0.2, 0.25) is 31.9 Å². The van der Waals surface area contributed by atoms with E-state index in [-0.39, 0.29) is 94.3 Å². The Morgan fingerprint density at radius 1 is 0.568 bits per heavy atom. The molecule has 2 amide bonds. The minimum Gasteiger partial charge on any atom is -0.504 e. The number of aromatic hydroxyl groups is 1. The van der Waals surface area contributed by atoms with E-state index >= 15 is 0 Å². The molecule has 0 saturated heterocycles. The molecule has 0 spiro atoms. The fourth-order valence-electron chi connectivity index (χ4n) is 9.65.